The molecule has 0 spiro atoms. The van der Waals surface area contributed by atoms with E-state index in [4.69, 9.17) is 38.3 Å². The van der Waals surface area contributed by atoms with Crippen molar-refractivity contribution in [1.82, 2.24) is 5.32 Å². The second-order valence-corrected chi connectivity index (χ2v) is 13.0. The number of rotatable bonds is 16. The smallest absolute Gasteiger partial charge is 0.408 e. The number of carboxylic acids is 1. The van der Waals surface area contributed by atoms with Gasteiger partial charge >= 0.3 is 12.1 Å². The Hall–Kier alpha value is -5.66. The first-order valence-corrected chi connectivity index (χ1v) is 16.7. The van der Waals surface area contributed by atoms with E-state index >= 15 is 0 Å². The van der Waals surface area contributed by atoms with Gasteiger partial charge in [0, 0.05) is 18.9 Å². The third kappa shape index (κ3) is 10.2. The minimum absolute atomic E-state index is 0.00142. The number of aliphatic carboxylic acids is 1. The van der Waals surface area contributed by atoms with Gasteiger partial charge < -0.3 is 48.9 Å². The lowest BCUT2D eigenvalue weighted by Gasteiger charge is -2.27. The zero-order valence-electron chi connectivity index (χ0n) is 30.5. The molecule has 3 aromatic carbocycles. The number of fused-ring (bicyclic) bond motifs is 1. The molecule has 1 aliphatic heterocycles. The number of anilines is 1. The van der Waals surface area contributed by atoms with Gasteiger partial charge in [0.25, 0.3) is 0 Å². The van der Waals surface area contributed by atoms with Crippen LogP contribution < -0.4 is 39.1 Å². The van der Waals surface area contributed by atoms with Gasteiger partial charge in [0.15, 0.2) is 17.3 Å². The van der Waals surface area contributed by atoms with Crippen LogP contribution in [0.1, 0.15) is 55.1 Å². The quantitative estimate of drug-likeness (QED) is 0.159. The molecule has 14 heteroatoms. The molecule has 3 N–H and O–H groups in total. The molecule has 0 saturated carbocycles. The second-order valence-electron chi connectivity index (χ2n) is 13.0. The zero-order valence-corrected chi connectivity index (χ0v) is 30.5. The predicted octanol–water partition coefficient (Wildman–Crippen LogP) is 5.47. The lowest BCUT2D eigenvalue weighted by atomic mass is 9.88. The highest BCUT2D eigenvalue weighted by atomic mass is 16.6. The summed E-state index contributed by atoms with van der Waals surface area (Å²) in [6.45, 7) is 5.50. The largest absolute Gasteiger partial charge is 0.495 e. The van der Waals surface area contributed by atoms with Gasteiger partial charge in [-0.05, 0) is 69.0 Å². The molecule has 0 fully saturated rings. The van der Waals surface area contributed by atoms with Gasteiger partial charge in [-0.25, -0.2) is 4.79 Å². The number of benzene rings is 3. The Morgan fingerprint density at radius 1 is 0.904 bits per heavy atom. The molecule has 2 atom stereocenters. The summed E-state index contributed by atoms with van der Waals surface area (Å²) in [6.07, 6.45) is -0.0285. The molecule has 14 nitrogen and oxygen atoms in total. The van der Waals surface area contributed by atoms with E-state index in [0.29, 0.717) is 35.1 Å². The molecule has 0 saturated heterocycles. The van der Waals surface area contributed by atoms with Crippen molar-refractivity contribution >= 4 is 29.4 Å². The molecular weight excluding hydrogens is 676 g/mol. The third-order valence-corrected chi connectivity index (χ3v) is 8.03. The number of ketones is 1. The van der Waals surface area contributed by atoms with Crippen LogP contribution in [0.3, 0.4) is 0 Å². The van der Waals surface area contributed by atoms with Crippen LogP contribution in [0.4, 0.5) is 10.5 Å². The fourth-order valence-electron chi connectivity index (χ4n) is 5.62. The SMILES string of the molecule is COc1ccc(CC2COc3cc(OC)c(OC)c(OC)c3C2=O)cc1NC(=O)[C@H](Cc1ccc(OCCCC(=O)O)cc1)NC(=O)OC(C)(C)C. The maximum absolute atomic E-state index is 13.8. The average Bonchev–Trinajstić information content (AvgIpc) is 3.10. The van der Waals surface area contributed by atoms with Crippen LogP contribution >= 0.6 is 0 Å². The number of hydrogen-bond acceptors (Lipinski definition) is 11. The summed E-state index contributed by atoms with van der Waals surface area (Å²) in [6, 6.07) is 12.7. The predicted molar refractivity (Wildman–Crippen MR) is 190 cm³/mol. The topological polar surface area (TPSA) is 177 Å². The summed E-state index contributed by atoms with van der Waals surface area (Å²) in [5.41, 5.74) is 1.23. The zero-order chi connectivity index (χ0) is 38.0. The molecule has 2 amide bonds. The lowest BCUT2D eigenvalue weighted by Crippen LogP contribution is -2.47. The lowest BCUT2D eigenvalue weighted by molar-refractivity contribution is -0.137. The molecule has 1 aliphatic rings. The van der Waals surface area contributed by atoms with Gasteiger partial charge in [0.05, 0.1) is 53.3 Å². The Kier molecular flexibility index (Phi) is 13.2. The average molecular weight is 723 g/mol. The molecule has 4 rings (SSSR count). The minimum Gasteiger partial charge on any atom is -0.495 e. The fourth-order valence-corrected chi connectivity index (χ4v) is 5.62. The third-order valence-electron chi connectivity index (χ3n) is 8.03. The molecule has 0 aliphatic carbocycles. The molecular formula is C38H46N2O12. The number of hydrogen-bond donors (Lipinski definition) is 3. The van der Waals surface area contributed by atoms with Gasteiger partial charge in [0.2, 0.25) is 11.7 Å². The molecule has 0 radical (unpaired) electrons. The molecule has 280 valence electrons. The normalized spacial score (nSPS) is 14.2. The highest BCUT2D eigenvalue weighted by Gasteiger charge is 2.35. The first-order chi connectivity index (χ1) is 24.8. The van der Waals surface area contributed by atoms with Gasteiger partial charge in [-0.2, -0.15) is 0 Å². The van der Waals surface area contributed by atoms with Crippen LogP contribution in [0.25, 0.3) is 0 Å². The number of ether oxygens (including phenoxy) is 7. The molecule has 0 bridgehead atoms. The molecule has 0 aromatic heterocycles. The van der Waals surface area contributed by atoms with E-state index in [1.165, 1.54) is 28.4 Å². The summed E-state index contributed by atoms with van der Waals surface area (Å²) in [5, 5.41) is 14.4. The monoisotopic (exact) mass is 722 g/mol. The maximum Gasteiger partial charge on any atom is 0.408 e. The number of carbonyl (C=O) groups is 4. The van der Waals surface area contributed by atoms with Crippen LogP contribution in [-0.4, -0.2) is 82.2 Å². The van der Waals surface area contributed by atoms with Crippen molar-refractivity contribution < 1.29 is 57.4 Å². The summed E-state index contributed by atoms with van der Waals surface area (Å²) < 4.78 is 39.0. The molecule has 1 unspecified atom stereocenters. The summed E-state index contributed by atoms with van der Waals surface area (Å²) in [7, 11) is 5.85. The van der Waals surface area contributed by atoms with Crippen LogP contribution in [0.2, 0.25) is 0 Å². The Balaban J connectivity index is 1.53. The standard InChI is InChI=1S/C38H46N2O12/c1-38(2,3)52-37(45)40-27(18-22-10-13-25(14-11-22)50-16-8-9-31(41)42)36(44)39-26-19-23(12-15-28(26)46-4)17-24-21-51-29-20-30(47-5)34(48-6)35(49-7)32(29)33(24)43/h10-15,19-20,24,27H,8-9,16-18,21H2,1-7H3,(H,39,44)(H,40,45)(H,41,42)/t24?,27-/m0/s1. The van der Waals surface area contributed by atoms with E-state index in [1.807, 2.05) is 0 Å². The number of methoxy groups -OCH3 is 4. The summed E-state index contributed by atoms with van der Waals surface area (Å²) in [4.78, 5) is 51.2. The number of carboxylic acid groups (broad SMARTS) is 1. The number of nitrogens with one attached hydrogen (secondary N) is 2. The number of alkyl carbamates (subject to hydrolysis) is 1. The van der Waals surface area contributed by atoms with E-state index in [2.05, 4.69) is 10.6 Å². The van der Waals surface area contributed by atoms with Crippen LogP contribution in [0, 0.1) is 5.92 Å². The Bertz CT molecular complexity index is 1750. The van der Waals surface area contributed by atoms with Crippen molar-refractivity contribution in [3.05, 3.63) is 65.2 Å². The fraction of sp³-hybridized carbons (Fsp3) is 0.421. The van der Waals surface area contributed by atoms with Crippen molar-refractivity contribution in [2.75, 3.05) is 47.0 Å². The van der Waals surface area contributed by atoms with Crippen molar-refractivity contribution in [2.45, 2.75) is 58.1 Å². The first kappa shape index (κ1) is 39.1. The Morgan fingerprint density at radius 2 is 1.58 bits per heavy atom. The highest BCUT2D eigenvalue weighted by molar-refractivity contribution is 6.05. The van der Waals surface area contributed by atoms with Crippen LogP contribution in [-0.2, 0) is 27.2 Å². The van der Waals surface area contributed by atoms with Crippen LogP contribution in [0.15, 0.2) is 48.5 Å². The summed E-state index contributed by atoms with van der Waals surface area (Å²) in [5.74, 6) is -0.0947. The number of amides is 2. The van der Waals surface area contributed by atoms with Crippen molar-refractivity contribution in [2.24, 2.45) is 5.92 Å². The van der Waals surface area contributed by atoms with E-state index in [9.17, 15) is 19.2 Å². The van der Waals surface area contributed by atoms with Gasteiger partial charge in [-0.3, -0.25) is 14.4 Å². The van der Waals surface area contributed by atoms with Gasteiger partial charge in [-0.15, -0.1) is 0 Å². The Labute approximate surface area is 302 Å². The van der Waals surface area contributed by atoms with Crippen molar-refractivity contribution in [3.63, 3.8) is 0 Å². The van der Waals surface area contributed by atoms with E-state index in [1.54, 1.807) is 69.3 Å². The van der Waals surface area contributed by atoms with E-state index < -0.39 is 35.5 Å². The Morgan fingerprint density at radius 3 is 2.19 bits per heavy atom. The molecule has 1 heterocycles. The van der Waals surface area contributed by atoms with Crippen LogP contribution in [0.5, 0.6) is 34.5 Å². The van der Waals surface area contributed by atoms with Crippen molar-refractivity contribution in [1.29, 1.82) is 0 Å². The van der Waals surface area contributed by atoms with E-state index in [0.717, 1.165) is 11.1 Å². The minimum atomic E-state index is -1.06. The number of Topliss-reactive ketones (excluding diaryl/α,β-unsaturated/α-hetero) is 1. The maximum atomic E-state index is 13.8. The van der Waals surface area contributed by atoms with Gasteiger partial charge in [-0.1, -0.05) is 18.2 Å². The highest BCUT2D eigenvalue weighted by Crippen LogP contribution is 2.47. The van der Waals surface area contributed by atoms with Gasteiger partial charge in [0.1, 0.15) is 34.5 Å². The first-order valence-electron chi connectivity index (χ1n) is 16.7. The number of carbonyl (C=O) groups excluding carboxylic acids is 3. The van der Waals surface area contributed by atoms with E-state index in [-0.39, 0.29) is 55.3 Å². The summed E-state index contributed by atoms with van der Waals surface area (Å²) >= 11 is 0. The second kappa shape index (κ2) is 17.5. The molecule has 52 heavy (non-hydrogen) atoms. The van der Waals surface area contributed by atoms with Crippen molar-refractivity contribution in [3.8, 4) is 34.5 Å². The molecule has 3 aromatic rings.